The van der Waals surface area contributed by atoms with E-state index in [1.807, 2.05) is 0 Å². The Kier molecular flexibility index (Phi) is 76.3. The SMILES string of the molecule is CCCCCCCCCCCCCCCCCCCCCCC(=O)O[C@H](COC(=O)CCCCCCCCCCCCCCCCCCCC)COP(=O)(O)OC[C@@H](O)COP(=O)(O)OC[C@@H](COC(=O)CCCCCCCCCCCC(C)C)OC(=O)CCCCCCCCCCCCCCCC. The Morgan fingerprint density at radius 1 is 0.260 bits per heavy atom. The Morgan fingerprint density at radius 3 is 0.654 bits per heavy atom. The fraction of sp³-hybridized carbons (Fsp3) is 0.953. The number of aliphatic hydroxyl groups excluding tert-OH is 1. The van der Waals surface area contributed by atoms with E-state index in [2.05, 4.69) is 34.6 Å². The third-order valence-corrected chi connectivity index (χ3v) is 21.9. The minimum atomic E-state index is -4.96. The molecule has 0 bridgehead atoms. The molecule has 0 amide bonds. The Balaban J connectivity index is 5.24. The van der Waals surface area contributed by atoms with Gasteiger partial charge < -0.3 is 33.8 Å². The molecule has 19 heteroatoms. The second-order valence-electron chi connectivity index (χ2n) is 31.1. The highest BCUT2D eigenvalue weighted by Gasteiger charge is 2.30. The summed E-state index contributed by atoms with van der Waals surface area (Å²) in [4.78, 5) is 73.2. The molecule has 0 aliphatic heterocycles. The first-order valence-electron chi connectivity index (χ1n) is 44.1. The van der Waals surface area contributed by atoms with Crippen molar-refractivity contribution in [1.82, 2.24) is 0 Å². The molecule has 0 saturated heterocycles. The average Bonchev–Trinajstić information content (AvgIpc) is 0.924. The third kappa shape index (κ3) is 78.2. The van der Waals surface area contributed by atoms with Gasteiger partial charge in [-0.05, 0) is 31.6 Å². The van der Waals surface area contributed by atoms with Gasteiger partial charge in [-0.1, -0.05) is 407 Å². The maximum atomic E-state index is 13.1. The molecule has 0 heterocycles. The second kappa shape index (κ2) is 77.8. The molecule has 0 saturated carbocycles. The van der Waals surface area contributed by atoms with Crippen molar-refractivity contribution in [3.8, 4) is 0 Å². The van der Waals surface area contributed by atoms with Crippen molar-refractivity contribution in [2.45, 2.75) is 477 Å². The lowest BCUT2D eigenvalue weighted by Gasteiger charge is -2.21. The smallest absolute Gasteiger partial charge is 0.462 e. The van der Waals surface area contributed by atoms with Crippen molar-refractivity contribution < 1.29 is 80.2 Å². The molecular formula is C85H166O17P2. The van der Waals surface area contributed by atoms with Gasteiger partial charge in [0.1, 0.15) is 19.3 Å². The zero-order valence-corrected chi connectivity index (χ0v) is 70.0. The molecule has 104 heavy (non-hydrogen) atoms. The Morgan fingerprint density at radius 2 is 0.442 bits per heavy atom. The molecule has 0 fully saturated rings. The fourth-order valence-electron chi connectivity index (χ4n) is 13.3. The van der Waals surface area contributed by atoms with E-state index < -0.39 is 97.5 Å². The number of carbonyl (C=O) groups excluding carboxylic acids is 4. The van der Waals surface area contributed by atoms with Crippen LogP contribution in [0.1, 0.15) is 458 Å². The molecular weight excluding hydrogens is 1350 g/mol. The topological polar surface area (TPSA) is 237 Å². The van der Waals surface area contributed by atoms with Gasteiger partial charge in [0.05, 0.1) is 26.4 Å². The van der Waals surface area contributed by atoms with Crippen molar-refractivity contribution >= 4 is 39.5 Å². The minimum absolute atomic E-state index is 0.108. The molecule has 0 spiro atoms. The second-order valence-corrected chi connectivity index (χ2v) is 34.0. The van der Waals surface area contributed by atoms with Crippen molar-refractivity contribution in [2.75, 3.05) is 39.6 Å². The summed E-state index contributed by atoms with van der Waals surface area (Å²) in [6.07, 6.45) is 70.8. The Bertz CT molecular complexity index is 1980. The van der Waals surface area contributed by atoms with Crippen molar-refractivity contribution in [3.05, 3.63) is 0 Å². The number of rotatable bonds is 85. The molecule has 0 aliphatic rings. The van der Waals surface area contributed by atoms with Crippen LogP contribution < -0.4 is 0 Å². The maximum absolute atomic E-state index is 13.1. The van der Waals surface area contributed by atoms with Gasteiger partial charge in [-0.2, -0.15) is 0 Å². The zero-order valence-electron chi connectivity index (χ0n) is 68.2. The van der Waals surface area contributed by atoms with Crippen LogP contribution in [-0.4, -0.2) is 96.7 Å². The Hall–Kier alpha value is -1.94. The van der Waals surface area contributed by atoms with Crippen LogP contribution >= 0.6 is 15.6 Å². The highest BCUT2D eigenvalue weighted by atomic mass is 31.2. The number of carbonyl (C=O) groups is 4. The van der Waals surface area contributed by atoms with Crippen LogP contribution in [0.25, 0.3) is 0 Å². The number of hydrogen-bond acceptors (Lipinski definition) is 15. The van der Waals surface area contributed by atoms with E-state index in [0.29, 0.717) is 25.7 Å². The molecule has 2 unspecified atom stereocenters. The molecule has 0 aromatic heterocycles. The maximum Gasteiger partial charge on any atom is 0.472 e. The molecule has 5 atom stereocenters. The predicted molar refractivity (Wildman–Crippen MR) is 428 cm³/mol. The summed E-state index contributed by atoms with van der Waals surface area (Å²) in [6, 6.07) is 0. The van der Waals surface area contributed by atoms with Crippen LogP contribution in [0.3, 0.4) is 0 Å². The predicted octanol–water partition coefficient (Wildman–Crippen LogP) is 26.0. The largest absolute Gasteiger partial charge is 0.472 e. The third-order valence-electron chi connectivity index (χ3n) is 20.0. The first kappa shape index (κ1) is 102. The number of phosphoric acid groups is 2. The number of hydrogen-bond donors (Lipinski definition) is 3. The van der Waals surface area contributed by atoms with E-state index in [0.717, 1.165) is 95.8 Å². The highest BCUT2D eigenvalue weighted by molar-refractivity contribution is 7.47. The molecule has 0 aromatic carbocycles. The van der Waals surface area contributed by atoms with E-state index in [4.69, 9.17) is 37.0 Å². The van der Waals surface area contributed by atoms with Gasteiger partial charge in [-0.25, -0.2) is 9.13 Å². The van der Waals surface area contributed by atoms with Crippen LogP contribution in [0.5, 0.6) is 0 Å². The first-order valence-corrected chi connectivity index (χ1v) is 47.1. The van der Waals surface area contributed by atoms with E-state index >= 15 is 0 Å². The van der Waals surface area contributed by atoms with Crippen molar-refractivity contribution in [3.63, 3.8) is 0 Å². The molecule has 3 N–H and O–H groups in total. The van der Waals surface area contributed by atoms with Crippen LogP contribution in [0.2, 0.25) is 0 Å². The normalized spacial score (nSPS) is 13.8. The zero-order chi connectivity index (χ0) is 76.2. The summed E-state index contributed by atoms with van der Waals surface area (Å²) in [5.74, 6) is -1.36. The number of ether oxygens (including phenoxy) is 4. The van der Waals surface area contributed by atoms with Gasteiger partial charge in [-0.3, -0.25) is 37.3 Å². The summed E-state index contributed by atoms with van der Waals surface area (Å²) >= 11 is 0. The molecule has 17 nitrogen and oxygen atoms in total. The fourth-order valence-corrected chi connectivity index (χ4v) is 14.9. The van der Waals surface area contributed by atoms with E-state index in [9.17, 15) is 43.2 Å². The quantitative estimate of drug-likeness (QED) is 0.0222. The number of aliphatic hydroxyl groups is 1. The van der Waals surface area contributed by atoms with Crippen molar-refractivity contribution in [1.29, 1.82) is 0 Å². The lowest BCUT2D eigenvalue weighted by molar-refractivity contribution is -0.161. The van der Waals surface area contributed by atoms with Gasteiger partial charge in [-0.15, -0.1) is 0 Å². The van der Waals surface area contributed by atoms with E-state index in [1.54, 1.807) is 0 Å². The van der Waals surface area contributed by atoms with Crippen molar-refractivity contribution in [2.24, 2.45) is 5.92 Å². The number of phosphoric ester groups is 2. The molecule has 618 valence electrons. The summed E-state index contributed by atoms with van der Waals surface area (Å²) in [6.45, 7) is 7.34. The molecule has 0 rings (SSSR count). The van der Waals surface area contributed by atoms with E-state index in [-0.39, 0.29) is 25.7 Å². The monoisotopic (exact) mass is 1520 g/mol. The van der Waals surface area contributed by atoms with Gasteiger partial charge in [0, 0.05) is 25.7 Å². The standard InChI is InChI=1S/C85H166O17P2/c1-6-9-12-15-18-21-24-27-30-32-34-35-37-39-42-45-50-56-61-66-71-85(90)101-80(74-95-82(87)68-63-58-53-48-43-41-38-36-33-31-28-25-22-19-16-13-10-7-2)76-99-103(91,92)97-72-79(86)73-98-104(93,94)100-77-81(75-96-83(88)69-64-59-54-51-46-47-52-57-62-67-78(4)5)102-84(89)70-65-60-55-49-44-40-29-26-23-20-17-14-11-8-3/h78-81,86H,6-77H2,1-5H3,(H,91,92)(H,93,94)/t79-,80-,81-/m1/s1. The van der Waals surface area contributed by atoms with Gasteiger partial charge >= 0.3 is 39.5 Å². The van der Waals surface area contributed by atoms with Crippen LogP contribution in [0.4, 0.5) is 0 Å². The number of unbranched alkanes of at least 4 members (excludes halogenated alkanes) is 57. The summed E-state index contributed by atoms with van der Waals surface area (Å²) < 4.78 is 68.9. The molecule has 0 aliphatic carbocycles. The minimum Gasteiger partial charge on any atom is -0.462 e. The number of esters is 4. The van der Waals surface area contributed by atoms with E-state index in [1.165, 1.54) is 283 Å². The summed E-state index contributed by atoms with van der Waals surface area (Å²) in [7, 11) is -9.93. The summed E-state index contributed by atoms with van der Waals surface area (Å²) in [5, 5.41) is 10.7. The van der Waals surface area contributed by atoms with Crippen LogP contribution in [0, 0.1) is 5.92 Å². The highest BCUT2D eigenvalue weighted by Crippen LogP contribution is 2.45. The van der Waals surface area contributed by atoms with Gasteiger partial charge in [0.25, 0.3) is 0 Å². The average molecular weight is 1520 g/mol. The lowest BCUT2D eigenvalue weighted by Crippen LogP contribution is -2.30. The molecule has 0 aromatic rings. The Labute approximate surface area is 638 Å². The summed E-state index contributed by atoms with van der Waals surface area (Å²) in [5.41, 5.74) is 0. The molecule has 0 radical (unpaired) electrons. The first-order chi connectivity index (χ1) is 50.5. The van der Waals surface area contributed by atoms with Gasteiger partial charge in [0.15, 0.2) is 12.2 Å². The van der Waals surface area contributed by atoms with Crippen LogP contribution in [0.15, 0.2) is 0 Å². The van der Waals surface area contributed by atoms with Gasteiger partial charge in [0.2, 0.25) is 0 Å². The lowest BCUT2D eigenvalue weighted by atomic mass is 10.0. The van der Waals surface area contributed by atoms with Crippen LogP contribution in [-0.2, 0) is 65.4 Å².